The molecular formula is C25H34O3Si. The van der Waals surface area contributed by atoms with Crippen molar-refractivity contribution in [3.63, 3.8) is 0 Å². The second-order valence-electron chi connectivity index (χ2n) is 8.39. The number of rotatable bonds is 9. The molecule has 0 saturated heterocycles. The Balaban J connectivity index is 2.18. The highest BCUT2D eigenvalue weighted by atomic mass is 28.4. The molecule has 0 bridgehead atoms. The summed E-state index contributed by atoms with van der Waals surface area (Å²) in [5.74, 6) is -0.256. The number of carbonyl (C=O) groups is 1. The maximum absolute atomic E-state index is 11.5. The second kappa shape index (κ2) is 10.6. The molecule has 0 aliphatic heterocycles. The summed E-state index contributed by atoms with van der Waals surface area (Å²) in [6.45, 7) is 9.38. The smallest absolute Gasteiger partial charge is 0.333 e. The van der Waals surface area contributed by atoms with Crippen LogP contribution in [-0.4, -0.2) is 28.0 Å². The summed E-state index contributed by atoms with van der Waals surface area (Å²) >= 11 is 0. The Labute approximate surface area is 176 Å². The molecule has 0 aliphatic rings. The van der Waals surface area contributed by atoms with Gasteiger partial charge in [-0.3, -0.25) is 0 Å². The molecule has 2 aromatic rings. The second-order valence-corrected chi connectivity index (χ2v) is 12.7. The number of allylic oxidation sites excluding steroid dienone is 1. The topological polar surface area (TPSA) is 35.5 Å². The Morgan fingerprint density at radius 3 is 1.90 bits per heavy atom. The Morgan fingerprint density at radius 1 is 0.931 bits per heavy atom. The van der Waals surface area contributed by atoms with Crippen LogP contribution in [0.4, 0.5) is 0 Å². The SMILES string of the molecule is COC(=O)/C(C)=C/CCCCO[Si](c1ccccc1)(c1ccccc1)C(C)(C)C. The molecule has 156 valence electrons. The van der Waals surface area contributed by atoms with E-state index in [1.54, 1.807) is 6.92 Å². The van der Waals surface area contributed by atoms with Crippen LogP contribution >= 0.6 is 0 Å². The van der Waals surface area contributed by atoms with Crippen LogP contribution in [0.5, 0.6) is 0 Å². The predicted molar refractivity (Wildman–Crippen MR) is 123 cm³/mol. The monoisotopic (exact) mass is 410 g/mol. The fraction of sp³-hybridized carbons (Fsp3) is 0.400. The van der Waals surface area contributed by atoms with Crippen molar-refractivity contribution in [2.75, 3.05) is 13.7 Å². The van der Waals surface area contributed by atoms with Gasteiger partial charge in [0.15, 0.2) is 0 Å². The van der Waals surface area contributed by atoms with Crippen molar-refractivity contribution < 1.29 is 14.0 Å². The number of carbonyl (C=O) groups excluding carboxylic acids is 1. The van der Waals surface area contributed by atoms with E-state index in [2.05, 4.69) is 81.4 Å². The molecule has 0 heterocycles. The number of methoxy groups -OCH3 is 1. The molecule has 2 aromatic carbocycles. The van der Waals surface area contributed by atoms with Crippen LogP contribution in [0.1, 0.15) is 47.0 Å². The summed E-state index contributed by atoms with van der Waals surface area (Å²) in [4.78, 5) is 11.5. The van der Waals surface area contributed by atoms with Crippen LogP contribution in [0.15, 0.2) is 72.3 Å². The van der Waals surface area contributed by atoms with Gasteiger partial charge in [-0.2, -0.15) is 0 Å². The van der Waals surface area contributed by atoms with Gasteiger partial charge < -0.3 is 9.16 Å². The van der Waals surface area contributed by atoms with Gasteiger partial charge in [-0.1, -0.05) is 87.5 Å². The minimum absolute atomic E-state index is 0.00290. The molecule has 0 radical (unpaired) electrons. The molecule has 0 spiro atoms. The summed E-state index contributed by atoms with van der Waals surface area (Å²) in [6, 6.07) is 21.4. The quantitative estimate of drug-likeness (QED) is 0.256. The molecule has 0 aromatic heterocycles. The third-order valence-electron chi connectivity index (χ3n) is 5.29. The molecular weight excluding hydrogens is 376 g/mol. The zero-order valence-corrected chi connectivity index (χ0v) is 19.4. The molecule has 0 atom stereocenters. The van der Waals surface area contributed by atoms with Crippen LogP contribution in [-0.2, 0) is 14.0 Å². The van der Waals surface area contributed by atoms with Gasteiger partial charge in [-0.15, -0.1) is 0 Å². The molecule has 0 unspecified atom stereocenters. The minimum Gasteiger partial charge on any atom is -0.466 e. The number of esters is 1. The van der Waals surface area contributed by atoms with E-state index < -0.39 is 8.32 Å². The van der Waals surface area contributed by atoms with Gasteiger partial charge in [0.2, 0.25) is 0 Å². The van der Waals surface area contributed by atoms with Crippen molar-refractivity contribution in [1.82, 2.24) is 0 Å². The van der Waals surface area contributed by atoms with Gasteiger partial charge in [-0.25, -0.2) is 4.79 Å². The van der Waals surface area contributed by atoms with E-state index in [1.807, 2.05) is 6.08 Å². The Kier molecular flexibility index (Phi) is 8.41. The standard InChI is InChI=1S/C25H34O3Si/c1-21(24(26)27-5)15-9-8-14-20-28-29(25(2,3)4,22-16-10-6-11-17-22)23-18-12-7-13-19-23/h6-7,10-13,15-19H,8-9,14,20H2,1-5H3/b21-15+. The van der Waals surface area contributed by atoms with Crippen molar-refractivity contribution in [3.05, 3.63) is 72.3 Å². The molecule has 0 saturated carbocycles. The maximum Gasteiger partial charge on any atom is 0.333 e. The zero-order chi connectivity index (χ0) is 21.3. The van der Waals surface area contributed by atoms with Crippen molar-refractivity contribution >= 4 is 24.7 Å². The van der Waals surface area contributed by atoms with Gasteiger partial charge in [0.05, 0.1) is 7.11 Å². The van der Waals surface area contributed by atoms with Crippen LogP contribution in [0.25, 0.3) is 0 Å². The third-order valence-corrected chi connectivity index (χ3v) is 10.3. The van der Waals surface area contributed by atoms with Crippen LogP contribution < -0.4 is 10.4 Å². The van der Waals surface area contributed by atoms with E-state index in [9.17, 15) is 4.79 Å². The highest BCUT2D eigenvalue weighted by Crippen LogP contribution is 2.36. The van der Waals surface area contributed by atoms with Gasteiger partial charge in [0.25, 0.3) is 8.32 Å². The Hall–Kier alpha value is -2.17. The average molecular weight is 411 g/mol. The third kappa shape index (κ3) is 5.68. The Bertz CT molecular complexity index is 752. The Morgan fingerprint density at radius 2 is 1.45 bits per heavy atom. The van der Waals surface area contributed by atoms with E-state index in [0.717, 1.165) is 19.3 Å². The van der Waals surface area contributed by atoms with Crippen LogP contribution in [0.3, 0.4) is 0 Å². The lowest BCUT2D eigenvalue weighted by molar-refractivity contribution is -0.136. The van der Waals surface area contributed by atoms with Gasteiger partial charge in [0.1, 0.15) is 0 Å². The molecule has 3 nitrogen and oxygen atoms in total. The van der Waals surface area contributed by atoms with E-state index in [0.29, 0.717) is 12.2 Å². The fourth-order valence-corrected chi connectivity index (χ4v) is 8.40. The molecule has 0 N–H and O–H groups in total. The number of benzene rings is 2. The normalized spacial score (nSPS) is 12.7. The van der Waals surface area contributed by atoms with Crippen molar-refractivity contribution in [3.8, 4) is 0 Å². The maximum atomic E-state index is 11.5. The summed E-state index contributed by atoms with van der Waals surface area (Å²) < 4.78 is 11.6. The van der Waals surface area contributed by atoms with E-state index in [4.69, 9.17) is 9.16 Å². The average Bonchev–Trinajstić information content (AvgIpc) is 2.73. The van der Waals surface area contributed by atoms with Crippen LogP contribution in [0, 0.1) is 0 Å². The first-order chi connectivity index (χ1) is 13.8. The number of unbranched alkanes of at least 4 members (excludes halogenated alkanes) is 2. The number of hydrogen-bond acceptors (Lipinski definition) is 3. The summed E-state index contributed by atoms with van der Waals surface area (Å²) in [5.41, 5.74) is 0.667. The van der Waals surface area contributed by atoms with Gasteiger partial charge >= 0.3 is 5.97 Å². The molecule has 0 fully saturated rings. The van der Waals surface area contributed by atoms with Gasteiger partial charge in [-0.05, 0) is 41.6 Å². The minimum atomic E-state index is -2.44. The van der Waals surface area contributed by atoms with Crippen molar-refractivity contribution in [2.24, 2.45) is 0 Å². The predicted octanol–water partition coefficient (Wildman–Crippen LogP) is 4.85. The molecule has 4 heteroatoms. The first kappa shape index (κ1) is 23.1. The number of hydrogen-bond donors (Lipinski definition) is 0. The highest BCUT2D eigenvalue weighted by molar-refractivity contribution is 6.99. The molecule has 2 rings (SSSR count). The molecule has 0 amide bonds. The summed E-state index contributed by atoms with van der Waals surface area (Å²) in [6.07, 6.45) is 4.74. The lowest BCUT2D eigenvalue weighted by Crippen LogP contribution is -2.66. The summed E-state index contributed by atoms with van der Waals surface area (Å²) in [7, 11) is -1.03. The largest absolute Gasteiger partial charge is 0.466 e. The van der Waals surface area contributed by atoms with Crippen molar-refractivity contribution in [1.29, 1.82) is 0 Å². The lowest BCUT2D eigenvalue weighted by atomic mass is 10.2. The van der Waals surface area contributed by atoms with E-state index in [-0.39, 0.29) is 11.0 Å². The van der Waals surface area contributed by atoms with Gasteiger partial charge in [0, 0.05) is 12.2 Å². The molecule has 29 heavy (non-hydrogen) atoms. The zero-order valence-electron chi connectivity index (χ0n) is 18.4. The van der Waals surface area contributed by atoms with E-state index in [1.165, 1.54) is 17.5 Å². The number of ether oxygens (including phenoxy) is 1. The first-order valence-corrected chi connectivity index (χ1v) is 12.2. The highest BCUT2D eigenvalue weighted by Gasteiger charge is 2.49. The molecule has 0 aliphatic carbocycles. The fourth-order valence-electron chi connectivity index (χ4n) is 3.80. The summed E-state index contributed by atoms with van der Waals surface area (Å²) in [5, 5.41) is 2.61. The van der Waals surface area contributed by atoms with E-state index >= 15 is 0 Å². The van der Waals surface area contributed by atoms with Crippen molar-refractivity contribution in [2.45, 2.75) is 52.0 Å². The first-order valence-electron chi connectivity index (χ1n) is 10.3. The lowest BCUT2D eigenvalue weighted by Gasteiger charge is -2.43. The van der Waals surface area contributed by atoms with Crippen LogP contribution in [0.2, 0.25) is 5.04 Å².